The molecule has 7 nitrogen and oxygen atoms in total. The van der Waals surface area contributed by atoms with Gasteiger partial charge in [0.15, 0.2) is 0 Å². The molecule has 2 aromatic carbocycles. The Bertz CT molecular complexity index is 1060. The number of carbonyl (C=O) groups excluding carboxylic acids is 1. The van der Waals surface area contributed by atoms with Crippen LogP contribution >= 0.6 is 23.2 Å². The van der Waals surface area contributed by atoms with Gasteiger partial charge in [-0.3, -0.25) is 4.79 Å². The Kier molecular flexibility index (Phi) is 9.61. The molecule has 2 N–H and O–H groups in total. The number of aliphatic hydroxyl groups excluding tert-OH is 1. The highest BCUT2D eigenvalue weighted by Gasteiger charge is 2.23. The van der Waals surface area contributed by atoms with Crippen molar-refractivity contribution in [1.82, 2.24) is 10.2 Å². The summed E-state index contributed by atoms with van der Waals surface area (Å²) in [6.45, 7) is 1.92. The summed E-state index contributed by atoms with van der Waals surface area (Å²) in [5.41, 5.74) is 1.10. The van der Waals surface area contributed by atoms with Crippen molar-refractivity contribution >= 4 is 35.2 Å². The van der Waals surface area contributed by atoms with E-state index in [0.717, 1.165) is 25.9 Å². The second-order valence-corrected chi connectivity index (χ2v) is 8.80. The van der Waals surface area contributed by atoms with Gasteiger partial charge in [0.2, 0.25) is 5.91 Å². The van der Waals surface area contributed by atoms with Crippen molar-refractivity contribution in [1.29, 1.82) is 5.26 Å². The third-order valence-electron chi connectivity index (χ3n) is 5.55. The van der Waals surface area contributed by atoms with Crippen LogP contribution in [0.4, 0.5) is 0 Å². The van der Waals surface area contributed by atoms with Crippen LogP contribution in [0, 0.1) is 11.3 Å². The first-order valence-electron chi connectivity index (χ1n) is 10.9. The molecule has 1 heterocycles. The van der Waals surface area contributed by atoms with Crippen LogP contribution in [-0.4, -0.2) is 61.4 Å². The van der Waals surface area contributed by atoms with E-state index in [-0.39, 0.29) is 18.6 Å². The summed E-state index contributed by atoms with van der Waals surface area (Å²) in [5.74, 6) is 0.922. The van der Waals surface area contributed by atoms with Crippen LogP contribution in [0.2, 0.25) is 10.0 Å². The van der Waals surface area contributed by atoms with Gasteiger partial charge in [0.05, 0.1) is 41.4 Å². The number of rotatable bonds is 9. The molecule has 0 unspecified atom stereocenters. The summed E-state index contributed by atoms with van der Waals surface area (Å²) in [6.07, 6.45) is 4.68. The Labute approximate surface area is 209 Å². The third-order valence-corrected chi connectivity index (χ3v) is 6.29. The van der Waals surface area contributed by atoms with E-state index in [1.165, 1.54) is 13.2 Å². The fraction of sp³-hybridized carbons (Fsp3) is 0.360. The van der Waals surface area contributed by atoms with E-state index in [2.05, 4.69) is 16.3 Å². The predicted molar refractivity (Wildman–Crippen MR) is 132 cm³/mol. The van der Waals surface area contributed by atoms with Crippen LogP contribution in [0.15, 0.2) is 42.5 Å². The molecule has 34 heavy (non-hydrogen) atoms. The molecule has 0 saturated carbocycles. The first-order chi connectivity index (χ1) is 16.4. The number of nitriles is 1. The third kappa shape index (κ3) is 7.37. The van der Waals surface area contributed by atoms with Gasteiger partial charge in [-0.25, -0.2) is 0 Å². The lowest BCUT2D eigenvalue weighted by atomic mass is 10.1. The molecule has 1 atom stereocenters. The van der Waals surface area contributed by atoms with Crippen LogP contribution in [0.1, 0.15) is 24.0 Å². The number of aliphatic hydroxyl groups is 1. The van der Waals surface area contributed by atoms with Crippen LogP contribution in [0.25, 0.3) is 6.08 Å². The van der Waals surface area contributed by atoms with E-state index in [4.69, 9.17) is 37.9 Å². The molecule has 1 aliphatic heterocycles. The van der Waals surface area contributed by atoms with Crippen molar-refractivity contribution in [2.24, 2.45) is 0 Å². The Balaban J connectivity index is 1.48. The molecule has 0 spiro atoms. The van der Waals surface area contributed by atoms with Gasteiger partial charge < -0.3 is 24.8 Å². The van der Waals surface area contributed by atoms with Crippen LogP contribution < -0.4 is 14.8 Å². The Morgan fingerprint density at radius 1 is 1.26 bits per heavy atom. The normalized spacial score (nSPS) is 15.6. The molecule has 1 saturated heterocycles. The molecule has 2 aromatic rings. The molecule has 1 amide bonds. The van der Waals surface area contributed by atoms with Crippen molar-refractivity contribution < 1.29 is 19.4 Å². The lowest BCUT2D eigenvalue weighted by molar-refractivity contribution is -0.117. The molecular weight excluding hydrogens is 477 g/mol. The predicted octanol–water partition coefficient (Wildman–Crippen LogP) is 3.91. The zero-order valence-corrected chi connectivity index (χ0v) is 20.4. The minimum absolute atomic E-state index is 0.0674. The van der Waals surface area contributed by atoms with Gasteiger partial charge in [-0.05, 0) is 49.2 Å². The average Bonchev–Trinajstić information content (AvgIpc) is 2.85. The number of ether oxygens (including phenoxy) is 2. The molecule has 1 aliphatic rings. The van der Waals surface area contributed by atoms with Gasteiger partial charge in [-0.1, -0.05) is 23.2 Å². The number of benzene rings is 2. The molecule has 0 aliphatic carbocycles. The number of hydrogen-bond acceptors (Lipinski definition) is 6. The summed E-state index contributed by atoms with van der Waals surface area (Å²) in [5, 5.41) is 22.6. The van der Waals surface area contributed by atoms with Crippen molar-refractivity contribution in [2.75, 3.05) is 33.4 Å². The number of nitrogens with one attached hydrogen (secondary N) is 1. The minimum Gasteiger partial charge on any atom is -0.496 e. The van der Waals surface area contributed by atoms with Crippen molar-refractivity contribution in [3.8, 4) is 17.6 Å². The zero-order valence-electron chi connectivity index (χ0n) is 18.8. The van der Waals surface area contributed by atoms with Gasteiger partial charge >= 0.3 is 0 Å². The highest BCUT2D eigenvalue weighted by atomic mass is 35.5. The minimum atomic E-state index is -0.406. The number of halogens is 2. The average molecular weight is 504 g/mol. The van der Waals surface area contributed by atoms with Crippen molar-refractivity contribution in [3.63, 3.8) is 0 Å². The van der Waals surface area contributed by atoms with Gasteiger partial charge in [-0.2, -0.15) is 5.26 Å². The standard InChI is InChI=1S/C25H27Cl2N3O4/c1-33-24-6-2-17(14-28)12-18(24)3-7-25(32)29-19(16-31)15-30-10-8-20(9-11-30)34-21-4-5-22(26)23(27)13-21/h2-7,12-13,19-20,31H,8-11,15-16H2,1H3,(H,29,32)/b7-3+/t19-/m0/s1. The van der Waals surface area contributed by atoms with Crippen LogP contribution in [0.5, 0.6) is 11.5 Å². The maximum Gasteiger partial charge on any atom is 0.244 e. The Morgan fingerprint density at radius 3 is 2.68 bits per heavy atom. The van der Waals surface area contributed by atoms with Crippen LogP contribution in [-0.2, 0) is 4.79 Å². The fourth-order valence-corrected chi connectivity index (χ4v) is 4.05. The highest BCUT2D eigenvalue weighted by Crippen LogP contribution is 2.28. The molecule has 3 rings (SSSR count). The summed E-state index contributed by atoms with van der Waals surface area (Å²) in [6, 6.07) is 11.9. The maximum atomic E-state index is 12.4. The van der Waals surface area contributed by atoms with Gasteiger partial charge in [0.1, 0.15) is 17.6 Å². The van der Waals surface area contributed by atoms with Crippen molar-refractivity contribution in [2.45, 2.75) is 25.0 Å². The van der Waals surface area contributed by atoms with E-state index < -0.39 is 6.04 Å². The van der Waals surface area contributed by atoms with E-state index in [9.17, 15) is 9.90 Å². The molecular formula is C25H27Cl2N3O4. The Hall–Kier alpha value is -2.76. The second-order valence-electron chi connectivity index (χ2n) is 7.98. The quantitative estimate of drug-likeness (QED) is 0.503. The molecule has 0 aromatic heterocycles. The van der Waals surface area contributed by atoms with Crippen molar-refractivity contribution in [3.05, 3.63) is 63.6 Å². The summed E-state index contributed by atoms with van der Waals surface area (Å²) >= 11 is 12.0. The van der Waals surface area contributed by atoms with Gasteiger partial charge in [0.25, 0.3) is 0 Å². The lowest BCUT2D eigenvalue weighted by Gasteiger charge is -2.34. The highest BCUT2D eigenvalue weighted by molar-refractivity contribution is 6.42. The monoisotopic (exact) mass is 503 g/mol. The molecule has 1 fully saturated rings. The maximum absolute atomic E-state index is 12.4. The molecule has 0 bridgehead atoms. The van der Waals surface area contributed by atoms with E-state index in [1.54, 1.807) is 42.5 Å². The number of hydrogen-bond donors (Lipinski definition) is 2. The number of likely N-dealkylation sites (tertiary alicyclic amines) is 1. The zero-order chi connectivity index (χ0) is 24.5. The largest absolute Gasteiger partial charge is 0.496 e. The number of carbonyl (C=O) groups is 1. The smallest absolute Gasteiger partial charge is 0.244 e. The summed E-state index contributed by atoms with van der Waals surface area (Å²) in [7, 11) is 1.53. The van der Waals surface area contributed by atoms with Crippen LogP contribution in [0.3, 0.4) is 0 Å². The van der Waals surface area contributed by atoms with Gasteiger partial charge in [0, 0.05) is 37.3 Å². The topological polar surface area (TPSA) is 94.8 Å². The summed E-state index contributed by atoms with van der Waals surface area (Å²) in [4.78, 5) is 14.6. The van der Waals surface area contributed by atoms with E-state index in [1.807, 2.05) is 0 Å². The molecule has 0 radical (unpaired) electrons. The first-order valence-corrected chi connectivity index (χ1v) is 11.7. The summed E-state index contributed by atoms with van der Waals surface area (Å²) < 4.78 is 11.3. The number of nitrogens with zero attached hydrogens (tertiary/aromatic N) is 2. The molecule has 9 heteroatoms. The number of piperidine rings is 1. The number of methoxy groups -OCH3 is 1. The van der Waals surface area contributed by atoms with Gasteiger partial charge in [-0.15, -0.1) is 0 Å². The Morgan fingerprint density at radius 2 is 2.03 bits per heavy atom. The molecule has 180 valence electrons. The lowest BCUT2D eigenvalue weighted by Crippen LogP contribution is -2.48. The van der Waals surface area contributed by atoms with E-state index >= 15 is 0 Å². The SMILES string of the molecule is COc1ccc(C#N)cc1/C=C/C(=O)N[C@H](CO)CN1CCC(Oc2ccc(Cl)c(Cl)c2)CC1. The fourth-order valence-electron chi connectivity index (χ4n) is 3.76. The first kappa shape index (κ1) is 25.9. The second kappa shape index (κ2) is 12.6. The number of amides is 1. The van der Waals surface area contributed by atoms with E-state index in [0.29, 0.717) is 39.2 Å².